The highest BCUT2D eigenvalue weighted by Gasteiger charge is 2.13. The molecule has 0 aromatic heterocycles. The monoisotopic (exact) mass is 294 g/mol. The Morgan fingerprint density at radius 3 is 2.65 bits per heavy atom. The summed E-state index contributed by atoms with van der Waals surface area (Å²) in [5.41, 5.74) is 0.598. The molecule has 96 valence electrons. The van der Waals surface area contributed by atoms with Gasteiger partial charge in [-0.15, -0.1) is 0 Å². The van der Waals surface area contributed by atoms with Gasteiger partial charge >= 0.3 is 0 Å². The highest BCUT2D eigenvalue weighted by atomic mass is 35.7. The third-order valence-corrected chi connectivity index (χ3v) is 4.46. The van der Waals surface area contributed by atoms with E-state index in [1.165, 1.54) is 6.07 Å². The average Bonchev–Trinajstić information content (AvgIpc) is 2.23. The Morgan fingerprint density at radius 1 is 1.41 bits per heavy atom. The predicted molar refractivity (Wildman–Crippen MR) is 72.7 cm³/mol. The molecule has 0 aliphatic heterocycles. The quantitative estimate of drug-likeness (QED) is 0.597. The molecule has 0 bridgehead atoms. The van der Waals surface area contributed by atoms with Gasteiger partial charge in [0.25, 0.3) is 9.05 Å². The van der Waals surface area contributed by atoms with Crippen LogP contribution in [0.4, 0.5) is 0 Å². The fourth-order valence-corrected chi connectivity index (χ4v) is 3.03. The number of benzene rings is 1. The summed E-state index contributed by atoms with van der Waals surface area (Å²) < 4.78 is 27.9. The minimum atomic E-state index is -3.67. The molecule has 17 heavy (non-hydrogen) atoms. The Bertz CT molecular complexity index is 472. The zero-order valence-electron chi connectivity index (χ0n) is 9.77. The molecule has 0 fully saturated rings. The number of thioether (sulfide) groups is 1. The Labute approximate surface area is 111 Å². The minimum Gasteiger partial charge on any atom is -0.493 e. The van der Waals surface area contributed by atoms with E-state index >= 15 is 0 Å². The third kappa shape index (κ3) is 4.77. The van der Waals surface area contributed by atoms with Crippen molar-refractivity contribution in [2.75, 3.05) is 18.1 Å². The molecule has 1 aromatic rings. The van der Waals surface area contributed by atoms with Crippen molar-refractivity contribution in [2.45, 2.75) is 18.7 Å². The Morgan fingerprint density at radius 2 is 2.12 bits per heavy atom. The summed E-state index contributed by atoms with van der Waals surface area (Å²) in [5.74, 6) is 2.65. The lowest BCUT2D eigenvalue weighted by Crippen LogP contribution is -2.01. The molecule has 0 spiro atoms. The topological polar surface area (TPSA) is 43.4 Å². The van der Waals surface area contributed by atoms with E-state index in [1.54, 1.807) is 30.8 Å². The van der Waals surface area contributed by atoms with Crippen LogP contribution in [0.2, 0.25) is 0 Å². The van der Waals surface area contributed by atoms with Crippen LogP contribution in [0.25, 0.3) is 0 Å². The molecule has 1 aromatic carbocycles. The van der Waals surface area contributed by atoms with Gasteiger partial charge in [0.05, 0.1) is 11.5 Å². The van der Waals surface area contributed by atoms with Crippen molar-refractivity contribution in [1.82, 2.24) is 0 Å². The van der Waals surface area contributed by atoms with Crippen LogP contribution in [0.3, 0.4) is 0 Å². The number of rotatable bonds is 6. The summed E-state index contributed by atoms with van der Waals surface area (Å²) in [6, 6.07) is 4.78. The van der Waals surface area contributed by atoms with Crippen LogP contribution < -0.4 is 4.74 Å². The second-order valence-electron chi connectivity index (χ2n) is 3.41. The van der Waals surface area contributed by atoms with Crippen molar-refractivity contribution in [1.29, 1.82) is 0 Å². The van der Waals surface area contributed by atoms with E-state index < -0.39 is 9.05 Å². The number of ether oxygens (including phenoxy) is 1. The highest BCUT2D eigenvalue weighted by molar-refractivity contribution is 8.13. The first-order valence-electron chi connectivity index (χ1n) is 5.21. The van der Waals surface area contributed by atoms with E-state index in [0.717, 1.165) is 11.5 Å². The first-order valence-corrected chi connectivity index (χ1v) is 8.67. The Balaban J connectivity index is 2.70. The van der Waals surface area contributed by atoms with E-state index in [0.29, 0.717) is 17.9 Å². The van der Waals surface area contributed by atoms with Crippen LogP contribution in [0.1, 0.15) is 12.5 Å². The van der Waals surface area contributed by atoms with Gasteiger partial charge in [-0.2, -0.15) is 11.8 Å². The molecule has 0 unspecified atom stereocenters. The third-order valence-electron chi connectivity index (χ3n) is 2.11. The Kier molecular flexibility index (Phi) is 5.62. The lowest BCUT2D eigenvalue weighted by molar-refractivity contribution is 0.343. The van der Waals surface area contributed by atoms with E-state index in [1.807, 2.05) is 0 Å². The zero-order chi connectivity index (χ0) is 12.9. The molecule has 1 rings (SSSR count). The van der Waals surface area contributed by atoms with Crippen LogP contribution >= 0.6 is 22.4 Å². The molecule has 0 amide bonds. The van der Waals surface area contributed by atoms with Crippen molar-refractivity contribution in [3.63, 3.8) is 0 Å². The van der Waals surface area contributed by atoms with Gasteiger partial charge in [0, 0.05) is 16.4 Å². The Hall–Kier alpha value is -0.390. The zero-order valence-corrected chi connectivity index (χ0v) is 12.2. The van der Waals surface area contributed by atoms with Crippen LogP contribution in [-0.2, 0) is 9.05 Å². The van der Waals surface area contributed by atoms with Crippen molar-refractivity contribution in [3.05, 3.63) is 23.8 Å². The van der Waals surface area contributed by atoms with Gasteiger partial charge < -0.3 is 4.74 Å². The average molecular weight is 295 g/mol. The second-order valence-corrected chi connectivity index (χ2v) is 7.34. The van der Waals surface area contributed by atoms with Gasteiger partial charge in [-0.25, -0.2) is 8.42 Å². The SMILES string of the molecule is CCSCCOc1ccc(S(=O)(=O)Cl)c(C)c1. The fourth-order valence-electron chi connectivity index (χ4n) is 1.35. The highest BCUT2D eigenvalue weighted by Crippen LogP contribution is 2.23. The van der Waals surface area contributed by atoms with Crippen molar-refractivity contribution in [2.24, 2.45) is 0 Å². The molecule has 0 heterocycles. The summed E-state index contributed by atoms with van der Waals surface area (Å²) in [6.07, 6.45) is 0. The molecule has 0 saturated heterocycles. The molecule has 0 saturated carbocycles. The van der Waals surface area contributed by atoms with Crippen LogP contribution in [0, 0.1) is 6.92 Å². The van der Waals surface area contributed by atoms with Crippen molar-refractivity contribution in [3.8, 4) is 5.75 Å². The molecule has 0 atom stereocenters. The summed E-state index contributed by atoms with van der Waals surface area (Å²) in [7, 11) is 1.62. The van der Waals surface area contributed by atoms with Crippen LogP contribution in [0.15, 0.2) is 23.1 Å². The standard InChI is InChI=1S/C11H15ClO3S2/c1-3-16-7-6-15-10-4-5-11(9(2)8-10)17(12,13)14/h4-5,8H,3,6-7H2,1-2H3. The van der Waals surface area contributed by atoms with Crippen LogP contribution in [0.5, 0.6) is 5.75 Å². The van der Waals surface area contributed by atoms with E-state index in [-0.39, 0.29) is 4.90 Å². The van der Waals surface area contributed by atoms with Crippen molar-refractivity contribution < 1.29 is 13.2 Å². The summed E-state index contributed by atoms with van der Waals surface area (Å²) in [6.45, 7) is 4.41. The van der Waals surface area contributed by atoms with Gasteiger partial charge in [-0.3, -0.25) is 0 Å². The molecular weight excluding hydrogens is 280 g/mol. The number of hydrogen-bond acceptors (Lipinski definition) is 4. The van der Waals surface area contributed by atoms with E-state index in [2.05, 4.69) is 6.92 Å². The molecule has 0 N–H and O–H groups in total. The summed E-state index contributed by atoms with van der Waals surface area (Å²) in [4.78, 5) is 0.134. The van der Waals surface area contributed by atoms with E-state index in [4.69, 9.17) is 15.4 Å². The van der Waals surface area contributed by atoms with Gasteiger partial charge in [0.2, 0.25) is 0 Å². The first-order chi connectivity index (χ1) is 7.95. The van der Waals surface area contributed by atoms with Gasteiger partial charge in [-0.1, -0.05) is 6.92 Å². The van der Waals surface area contributed by atoms with Gasteiger partial charge in [-0.05, 0) is 36.4 Å². The summed E-state index contributed by atoms with van der Waals surface area (Å²) in [5, 5.41) is 0. The predicted octanol–water partition coefficient (Wildman–Crippen LogP) is 3.05. The maximum atomic E-state index is 11.2. The summed E-state index contributed by atoms with van der Waals surface area (Å²) >= 11 is 1.80. The second kappa shape index (κ2) is 6.52. The molecule has 6 heteroatoms. The maximum absolute atomic E-state index is 11.2. The fraction of sp³-hybridized carbons (Fsp3) is 0.455. The molecule has 0 aliphatic carbocycles. The largest absolute Gasteiger partial charge is 0.493 e. The number of halogens is 1. The molecular formula is C11H15ClO3S2. The van der Waals surface area contributed by atoms with Crippen molar-refractivity contribution >= 4 is 31.5 Å². The number of aryl methyl sites for hydroxylation is 1. The lowest BCUT2D eigenvalue weighted by Gasteiger charge is -2.08. The van der Waals surface area contributed by atoms with E-state index in [9.17, 15) is 8.42 Å². The number of hydrogen-bond donors (Lipinski definition) is 0. The van der Waals surface area contributed by atoms with Gasteiger partial charge in [0.1, 0.15) is 5.75 Å². The maximum Gasteiger partial charge on any atom is 0.261 e. The first kappa shape index (κ1) is 14.7. The smallest absolute Gasteiger partial charge is 0.261 e. The molecule has 3 nitrogen and oxygen atoms in total. The molecule has 0 radical (unpaired) electrons. The van der Waals surface area contributed by atoms with Crippen LogP contribution in [-0.4, -0.2) is 26.5 Å². The molecule has 0 aliphatic rings. The lowest BCUT2D eigenvalue weighted by atomic mass is 10.2. The minimum absolute atomic E-state index is 0.134. The van der Waals surface area contributed by atoms with Gasteiger partial charge in [0.15, 0.2) is 0 Å². The normalized spacial score (nSPS) is 11.5.